The Labute approximate surface area is 207 Å². The Morgan fingerprint density at radius 2 is 1.79 bits per heavy atom. The van der Waals surface area contributed by atoms with Crippen LogP contribution in [0, 0.1) is 6.92 Å². The molecule has 0 saturated heterocycles. The van der Waals surface area contributed by atoms with E-state index in [1.165, 1.54) is 0 Å². The summed E-state index contributed by atoms with van der Waals surface area (Å²) < 4.78 is 6.77. The van der Waals surface area contributed by atoms with Crippen molar-refractivity contribution in [3.8, 4) is 5.75 Å². The van der Waals surface area contributed by atoms with Gasteiger partial charge >= 0.3 is 0 Å². The summed E-state index contributed by atoms with van der Waals surface area (Å²) in [5.74, 6) is 1.20. The van der Waals surface area contributed by atoms with E-state index in [-0.39, 0.29) is 5.91 Å². The Hall–Kier alpha value is -2.89. The van der Waals surface area contributed by atoms with Crippen LogP contribution in [-0.2, 0) is 4.79 Å². The number of carbonyl (C=O) groups is 1. The molecule has 1 amide bonds. The molecule has 0 fully saturated rings. The minimum absolute atomic E-state index is 0.179. The topological polar surface area (TPSA) is 41.9 Å². The Morgan fingerprint density at radius 3 is 2.45 bits per heavy atom. The lowest BCUT2D eigenvalue weighted by Gasteiger charge is -2.21. The molecule has 1 aliphatic heterocycles. The number of anilines is 1. The third-order valence-electron chi connectivity index (χ3n) is 5.31. The van der Waals surface area contributed by atoms with Crippen molar-refractivity contribution in [2.24, 2.45) is 4.99 Å². The molecule has 6 heteroatoms. The van der Waals surface area contributed by atoms with Crippen LogP contribution in [0.25, 0.3) is 6.08 Å². The number of carbonyl (C=O) groups excluding carboxylic acids is 1. The van der Waals surface area contributed by atoms with E-state index in [1.54, 1.807) is 11.0 Å². The minimum atomic E-state index is -0.179. The molecule has 0 aromatic heterocycles. The highest BCUT2D eigenvalue weighted by molar-refractivity contribution is 9.10. The number of halogens is 2. The van der Waals surface area contributed by atoms with E-state index in [0.717, 1.165) is 45.4 Å². The van der Waals surface area contributed by atoms with Gasteiger partial charge in [0.2, 0.25) is 0 Å². The van der Waals surface area contributed by atoms with Crippen LogP contribution in [0.1, 0.15) is 36.5 Å². The molecule has 3 aromatic rings. The zero-order valence-electron chi connectivity index (χ0n) is 18.5. The summed E-state index contributed by atoms with van der Waals surface area (Å²) in [5, 5.41) is 0.626. The Balaban J connectivity index is 1.73. The van der Waals surface area contributed by atoms with Crippen LogP contribution < -0.4 is 9.64 Å². The van der Waals surface area contributed by atoms with Crippen LogP contribution in [-0.4, -0.2) is 18.3 Å². The molecule has 1 heterocycles. The summed E-state index contributed by atoms with van der Waals surface area (Å²) in [6.07, 6.45) is 3.90. The van der Waals surface area contributed by atoms with Gasteiger partial charge in [-0.2, -0.15) is 0 Å². The maximum atomic E-state index is 13.5. The molecule has 4 nitrogen and oxygen atoms in total. The minimum Gasteiger partial charge on any atom is -0.494 e. The maximum absolute atomic E-state index is 13.5. The first kappa shape index (κ1) is 23.3. The second-order valence-electron chi connectivity index (χ2n) is 7.81. The lowest BCUT2D eigenvalue weighted by molar-refractivity contribution is -0.113. The first-order valence-electron chi connectivity index (χ1n) is 10.9. The lowest BCUT2D eigenvalue weighted by Crippen LogP contribution is -2.33. The van der Waals surface area contributed by atoms with Gasteiger partial charge in [-0.15, -0.1) is 0 Å². The van der Waals surface area contributed by atoms with Gasteiger partial charge in [-0.05, 0) is 85.1 Å². The smallest absolute Gasteiger partial charge is 0.282 e. The quantitative estimate of drug-likeness (QED) is 0.239. The van der Waals surface area contributed by atoms with Gasteiger partial charge < -0.3 is 4.74 Å². The third kappa shape index (κ3) is 5.37. The van der Waals surface area contributed by atoms with Crippen molar-refractivity contribution < 1.29 is 9.53 Å². The van der Waals surface area contributed by atoms with Crippen LogP contribution in [0.4, 0.5) is 5.69 Å². The van der Waals surface area contributed by atoms with Crippen molar-refractivity contribution in [3.63, 3.8) is 0 Å². The maximum Gasteiger partial charge on any atom is 0.282 e. The number of amidine groups is 1. The average Bonchev–Trinajstić information content (AvgIpc) is 3.12. The Bertz CT molecular complexity index is 1220. The van der Waals surface area contributed by atoms with Crippen LogP contribution >= 0.6 is 27.5 Å². The van der Waals surface area contributed by atoms with Gasteiger partial charge in [0, 0.05) is 15.1 Å². The molecule has 0 N–H and O–H groups in total. The van der Waals surface area contributed by atoms with Gasteiger partial charge in [-0.25, -0.2) is 4.99 Å². The van der Waals surface area contributed by atoms with Gasteiger partial charge in [0.05, 0.1) is 12.3 Å². The summed E-state index contributed by atoms with van der Waals surface area (Å²) >= 11 is 9.61. The molecule has 0 spiro atoms. The van der Waals surface area contributed by atoms with Gasteiger partial charge in [0.25, 0.3) is 5.91 Å². The number of benzene rings is 3. The van der Waals surface area contributed by atoms with Gasteiger partial charge in [0.15, 0.2) is 0 Å². The Kier molecular flexibility index (Phi) is 7.31. The van der Waals surface area contributed by atoms with Gasteiger partial charge in [-0.1, -0.05) is 53.0 Å². The average molecular weight is 524 g/mol. The first-order valence-corrected chi connectivity index (χ1v) is 12.0. The second-order valence-corrected chi connectivity index (χ2v) is 9.17. The number of unbranched alkanes of at least 4 members (excludes halogenated alkanes) is 1. The highest BCUT2D eigenvalue weighted by Crippen LogP contribution is 2.32. The van der Waals surface area contributed by atoms with E-state index in [4.69, 9.17) is 21.3 Å². The SMILES string of the molecule is CCCCOc1ccc(C2=N/C(=C\c3ccc(Br)cc3)C(=O)N2c2ccc(Cl)cc2C)cc1. The molecule has 0 atom stereocenters. The fourth-order valence-corrected chi connectivity index (χ4v) is 4.05. The number of ether oxygens (including phenoxy) is 1. The van der Waals surface area contributed by atoms with E-state index in [0.29, 0.717) is 23.2 Å². The predicted octanol–water partition coefficient (Wildman–Crippen LogP) is 7.42. The van der Waals surface area contributed by atoms with Crippen molar-refractivity contribution >= 4 is 51.0 Å². The number of nitrogens with zero attached hydrogens (tertiary/aromatic N) is 2. The third-order valence-corrected chi connectivity index (χ3v) is 6.08. The van der Waals surface area contributed by atoms with Crippen molar-refractivity contribution in [1.82, 2.24) is 0 Å². The lowest BCUT2D eigenvalue weighted by atomic mass is 10.1. The molecule has 168 valence electrons. The highest BCUT2D eigenvalue weighted by atomic mass is 79.9. The van der Waals surface area contributed by atoms with Crippen molar-refractivity contribution in [2.45, 2.75) is 26.7 Å². The van der Waals surface area contributed by atoms with E-state index in [2.05, 4.69) is 22.9 Å². The first-order chi connectivity index (χ1) is 16.0. The number of aliphatic imine (C=N–C) groups is 1. The summed E-state index contributed by atoms with van der Waals surface area (Å²) in [6.45, 7) is 4.76. The monoisotopic (exact) mass is 522 g/mol. The molecule has 0 saturated carbocycles. The fourth-order valence-electron chi connectivity index (χ4n) is 3.56. The van der Waals surface area contributed by atoms with Crippen molar-refractivity contribution in [2.75, 3.05) is 11.5 Å². The van der Waals surface area contributed by atoms with Crippen LogP contribution in [0.15, 0.2) is 81.9 Å². The molecule has 33 heavy (non-hydrogen) atoms. The molecule has 0 radical (unpaired) electrons. The van der Waals surface area contributed by atoms with E-state index < -0.39 is 0 Å². The molecule has 0 bridgehead atoms. The molecular weight excluding hydrogens is 500 g/mol. The molecule has 1 aliphatic rings. The number of amides is 1. The van der Waals surface area contributed by atoms with Gasteiger partial charge in [0.1, 0.15) is 17.3 Å². The highest BCUT2D eigenvalue weighted by Gasteiger charge is 2.33. The summed E-state index contributed by atoms with van der Waals surface area (Å²) in [7, 11) is 0. The van der Waals surface area contributed by atoms with Crippen LogP contribution in [0.3, 0.4) is 0 Å². The molecule has 0 aliphatic carbocycles. The molecule has 0 unspecified atom stereocenters. The summed E-state index contributed by atoms with van der Waals surface area (Å²) in [6, 6.07) is 21.0. The van der Waals surface area contributed by atoms with Gasteiger partial charge in [-0.3, -0.25) is 9.69 Å². The zero-order valence-corrected chi connectivity index (χ0v) is 20.9. The van der Waals surface area contributed by atoms with E-state index in [9.17, 15) is 4.79 Å². The number of aryl methyl sites for hydroxylation is 1. The van der Waals surface area contributed by atoms with E-state index >= 15 is 0 Å². The standard InChI is InChI=1S/C27H24BrClN2O2/c1-3-4-15-33-23-12-7-20(8-13-23)26-30-24(17-19-5-9-21(28)10-6-19)27(32)31(26)25-14-11-22(29)16-18(25)2/h5-14,16-17H,3-4,15H2,1-2H3/b24-17-. The van der Waals surface area contributed by atoms with Crippen LogP contribution in [0.2, 0.25) is 5.02 Å². The summed E-state index contributed by atoms with van der Waals surface area (Å²) in [4.78, 5) is 19.9. The molecular formula is C27H24BrClN2O2. The van der Waals surface area contributed by atoms with Crippen LogP contribution in [0.5, 0.6) is 5.75 Å². The Morgan fingerprint density at radius 1 is 1.06 bits per heavy atom. The molecule has 4 rings (SSSR count). The van der Waals surface area contributed by atoms with Crippen molar-refractivity contribution in [1.29, 1.82) is 0 Å². The largest absolute Gasteiger partial charge is 0.494 e. The summed E-state index contributed by atoms with van der Waals surface area (Å²) in [5.41, 5.74) is 3.77. The van der Waals surface area contributed by atoms with Crippen molar-refractivity contribution in [3.05, 3.63) is 98.6 Å². The van der Waals surface area contributed by atoms with E-state index in [1.807, 2.05) is 73.7 Å². The normalized spacial score (nSPS) is 14.7. The fraction of sp³-hybridized carbons (Fsp3) is 0.185. The number of hydrogen-bond acceptors (Lipinski definition) is 3. The molecule has 3 aromatic carbocycles. The predicted molar refractivity (Wildman–Crippen MR) is 139 cm³/mol. The second kappa shape index (κ2) is 10.4. The number of rotatable bonds is 7. The number of hydrogen-bond donors (Lipinski definition) is 0. The zero-order chi connectivity index (χ0) is 23.4.